The fourth-order valence-electron chi connectivity index (χ4n) is 4.74. The van der Waals surface area contributed by atoms with Gasteiger partial charge in [-0.05, 0) is 34.4 Å². The molecule has 3 nitrogen and oxygen atoms in total. The number of fused-ring (bicyclic) bond motifs is 7. The second-order valence-corrected chi connectivity index (χ2v) is 7.62. The molecule has 0 amide bonds. The van der Waals surface area contributed by atoms with E-state index in [4.69, 9.17) is 0 Å². The molecule has 0 radical (unpaired) electrons. The maximum Gasteiger partial charge on any atom is 0.101 e. The zero-order valence-electron chi connectivity index (χ0n) is 18.5. The molecule has 0 unspecified atom stereocenters. The first-order valence-electron chi connectivity index (χ1n) is 11.1. The van der Waals surface area contributed by atoms with E-state index in [1.54, 1.807) is 18.2 Å². The monoisotopic (exact) mass is 423 g/mol. The molecule has 6 rings (SSSR count). The summed E-state index contributed by atoms with van der Waals surface area (Å²) in [5.41, 5.74) is 3.62. The van der Waals surface area contributed by atoms with Crippen molar-refractivity contribution in [1.82, 2.24) is 4.57 Å². The summed E-state index contributed by atoms with van der Waals surface area (Å²) in [6.45, 7) is 4.00. The van der Waals surface area contributed by atoms with Gasteiger partial charge in [-0.15, -0.1) is 0 Å². The molecule has 3 heteroatoms. The van der Waals surface area contributed by atoms with Crippen molar-refractivity contribution in [1.29, 1.82) is 10.5 Å². The zero-order valence-corrected chi connectivity index (χ0v) is 18.5. The molecule has 5 aromatic carbocycles. The zero-order chi connectivity index (χ0) is 22.9. The molecule has 0 saturated heterocycles. The largest absolute Gasteiger partial charge is 0.306 e. The van der Waals surface area contributed by atoms with Crippen LogP contribution in [0.1, 0.15) is 25.0 Å². The molecule has 6 aromatic rings. The molecule has 1 heterocycles. The minimum absolute atomic E-state index is 0.485. The average Bonchev–Trinajstić information content (AvgIpc) is 3.24. The fourth-order valence-corrected chi connectivity index (χ4v) is 4.74. The molecule has 0 bridgehead atoms. The number of aromatic nitrogens is 1. The van der Waals surface area contributed by atoms with Crippen LogP contribution >= 0.6 is 0 Å². The lowest BCUT2D eigenvalue weighted by atomic mass is 10.0. The molecular weight excluding hydrogens is 402 g/mol. The molecule has 0 spiro atoms. The summed E-state index contributed by atoms with van der Waals surface area (Å²) >= 11 is 0. The summed E-state index contributed by atoms with van der Waals surface area (Å²) in [5.74, 6) is 0. The molecule has 0 fully saturated rings. The first-order chi connectivity index (χ1) is 16.3. The Morgan fingerprint density at radius 1 is 0.576 bits per heavy atom. The number of nitrogens with zero attached hydrogens (tertiary/aromatic N) is 3. The van der Waals surface area contributed by atoms with Crippen LogP contribution in [0.2, 0.25) is 0 Å². The van der Waals surface area contributed by atoms with Gasteiger partial charge < -0.3 is 4.57 Å². The Hall–Kier alpha value is -4.60. The van der Waals surface area contributed by atoms with Crippen molar-refractivity contribution in [2.24, 2.45) is 0 Å². The Morgan fingerprint density at radius 3 is 1.82 bits per heavy atom. The van der Waals surface area contributed by atoms with Crippen molar-refractivity contribution in [2.45, 2.75) is 13.8 Å². The Balaban J connectivity index is 0.00000111. The lowest BCUT2D eigenvalue weighted by Gasteiger charge is -2.13. The SMILES string of the molecule is CC.N#Cc1cccc(C#N)c1-n1c2ccc3ccccc3c2c2ccc3ccccc3c21. The molecule has 0 aliphatic rings. The first-order valence-corrected chi connectivity index (χ1v) is 11.1. The van der Waals surface area contributed by atoms with Gasteiger partial charge in [-0.25, -0.2) is 0 Å². The summed E-state index contributed by atoms with van der Waals surface area (Å²) in [6.07, 6.45) is 0. The van der Waals surface area contributed by atoms with Crippen LogP contribution in [0.25, 0.3) is 49.0 Å². The summed E-state index contributed by atoms with van der Waals surface area (Å²) in [6, 6.07) is 35.0. The molecule has 0 aliphatic carbocycles. The first kappa shape index (κ1) is 20.3. The van der Waals surface area contributed by atoms with Gasteiger partial charge in [-0.2, -0.15) is 10.5 Å². The minimum atomic E-state index is 0.485. The van der Waals surface area contributed by atoms with Gasteiger partial charge in [-0.1, -0.05) is 86.6 Å². The third-order valence-corrected chi connectivity index (χ3v) is 6.04. The quantitative estimate of drug-likeness (QED) is 0.270. The smallest absolute Gasteiger partial charge is 0.101 e. The van der Waals surface area contributed by atoms with Gasteiger partial charge in [0.1, 0.15) is 12.1 Å². The molecule has 0 aliphatic heterocycles. The number of nitriles is 2. The van der Waals surface area contributed by atoms with E-state index in [9.17, 15) is 10.5 Å². The van der Waals surface area contributed by atoms with E-state index in [-0.39, 0.29) is 0 Å². The van der Waals surface area contributed by atoms with Crippen LogP contribution in [0, 0.1) is 22.7 Å². The van der Waals surface area contributed by atoms with E-state index in [1.165, 1.54) is 0 Å². The molecule has 0 saturated carbocycles. The van der Waals surface area contributed by atoms with Crippen molar-refractivity contribution in [3.8, 4) is 17.8 Å². The highest BCUT2D eigenvalue weighted by molar-refractivity contribution is 6.26. The third kappa shape index (κ3) is 2.95. The van der Waals surface area contributed by atoms with E-state index in [2.05, 4.69) is 71.3 Å². The lowest BCUT2D eigenvalue weighted by molar-refractivity contribution is 1.16. The number of hydrogen-bond donors (Lipinski definition) is 0. The number of para-hydroxylation sites is 1. The van der Waals surface area contributed by atoms with Gasteiger partial charge in [0.25, 0.3) is 0 Å². The van der Waals surface area contributed by atoms with Gasteiger partial charge in [-0.3, -0.25) is 0 Å². The lowest BCUT2D eigenvalue weighted by Crippen LogP contribution is -2.01. The molecule has 0 atom stereocenters. The second-order valence-electron chi connectivity index (χ2n) is 7.62. The Bertz CT molecular complexity index is 1730. The van der Waals surface area contributed by atoms with Crippen LogP contribution in [-0.4, -0.2) is 4.57 Å². The van der Waals surface area contributed by atoms with Crippen LogP contribution in [0.4, 0.5) is 0 Å². The number of rotatable bonds is 1. The van der Waals surface area contributed by atoms with Crippen LogP contribution in [-0.2, 0) is 0 Å². The van der Waals surface area contributed by atoms with Gasteiger partial charge in [0, 0.05) is 16.2 Å². The minimum Gasteiger partial charge on any atom is -0.306 e. The Morgan fingerprint density at radius 2 is 1.15 bits per heavy atom. The number of hydrogen-bond acceptors (Lipinski definition) is 2. The van der Waals surface area contributed by atoms with Gasteiger partial charge in [0.15, 0.2) is 0 Å². The van der Waals surface area contributed by atoms with Crippen LogP contribution in [0.5, 0.6) is 0 Å². The average molecular weight is 424 g/mol. The van der Waals surface area contributed by atoms with Crippen LogP contribution < -0.4 is 0 Å². The van der Waals surface area contributed by atoms with Crippen LogP contribution in [0.3, 0.4) is 0 Å². The summed E-state index contributed by atoms with van der Waals surface area (Å²) in [7, 11) is 0. The summed E-state index contributed by atoms with van der Waals surface area (Å²) in [4.78, 5) is 0. The predicted molar refractivity (Wildman–Crippen MR) is 137 cm³/mol. The Kier molecular flexibility index (Phi) is 5.02. The van der Waals surface area contributed by atoms with E-state index in [1.807, 2.05) is 32.0 Å². The van der Waals surface area contributed by atoms with Crippen LogP contribution in [0.15, 0.2) is 91.0 Å². The standard InChI is InChI=1S/C28H15N3.C2H6/c29-16-20-8-5-9-21(17-30)27(20)31-25-15-13-18-6-1-3-10-22(18)26(25)24-14-12-19-7-2-4-11-23(19)28(24)31;1-2/h1-15H;1-2H3. The maximum absolute atomic E-state index is 9.89. The molecule has 0 N–H and O–H groups in total. The van der Waals surface area contributed by atoms with Crippen molar-refractivity contribution in [3.63, 3.8) is 0 Å². The second kappa shape index (κ2) is 8.15. The topological polar surface area (TPSA) is 52.5 Å². The third-order valence-electron chi connectivity index (χ3n) is 6.04. The van der Waals surface area contributed by atoms with Crippen molar-refractivity contribution >= 4 is 43.4 Å². The van der Waals surface area contributed by atoms with Crippen molar-refractivity contribution in [3.05, 3.63) is 102 Å². The van der Waals surface area contributed by atoms with Crippen molar-refractivity contribution in [2.75, 3.05) is 0 Å². The molecule has 33 heavy (non-hydrogen) atoms. The van der Waals surface area contributed by atoms with E-state index >= 15 is 0 Å². The van der Waals surface area contributed by atoms with Gasteiger partial charge >= 0.3 is 0 Å². The van der Waals surface area contributed by atoms with E-state index in [0.29, 0.717) is 16.8 Å². The predicted octanol–water partition coefficient (Wildman–Crippen LogP) is 7.86. The fraction of sp³-hybridized carbons (Fsp3) is 0.0667. The van der Waals surface area contributed by atoms with Gasteiger partial charge in [0.2, 0.25) is 0 Å². The van der Waals surface area contributed by atoms with Crippen molar-refractivity contribution < 1.29 is 0 Å². The summed E-state index contributed by atoms with van der Waals surface area (Å²) < 4.78 is 2.11. The summed E-state index contributed by atoms with van der Waals surface area (Å²) in [5, 5.41) is 26.6. The molecule has 1 aromatic heterocycles. The molecule has 156 valence electrons. The van der Waals surface area contributed by atoms with Gasteiger partial charge in [0.05, 0.1) is 27.8 Å². The van der Waals surface area contributed by atoms with E-state index < -0.39 is 0 Å². The highest BCUT2D eigenvalue weighted by atomic mass is 15.0. The van der Waals surface area contributed by atoms with E-state index in [0.717, 1.165) is 43.4 Å². The normalized spacial score (nSPS) is 10.7. The maximum atomic E-state index is 9.89. The molecular formula is C30H21N3. The highest BCUT2D eigenvalue weighted by Gasteiger charge is 2.20. The Labute approximate surface area is 192 Å². The highest BCUT2D eigenvalue weighted by Crippen LogP contribution is 2.41. The number of benzene rings is 5.